The van der Waals surface area contributed by atoms with Gasteiger partial charge >= 0.3 is 0 Å². The molecule has 1 aromatic heterocycles. The van der Waals surface area contributed by atoms with Crippen LogP contribution in [0, 0.1) is 12.8 Å². The van der Waals surface area contributed by atoms with Crippen molar-refractivity contribution in [1.82, 2.24) is 15.1 Å². The van der Waals surface area contributed by atoms with Crippen LogP contribution in [0.15, 0.2) is 54.6 Å². The van der Waals surface area contributed by atoms with Crippen LogP contribution in [0.1, 0.15) is 81.9 Å². The molecule has 5 nitrogen and oxygen atoms in total. The molecule has 0 aliphatic carbocycles. The number of aryl methyl sites for hydroxylation is 1. The van der Waals surface area contributed by atoms with Crippen molar-refractivity contribution < 1.29 is 9.59 Å². The van der Waals surface area contributed by atoms with Gasteiger partial charge in [0.05, 0.1) is 10.8 Å². The molecule has 0 bridgehead atoms. The maximum Gasteiger partial charge on any atom is 0.261 e. The highest BCUT2D eigenvalue weighted by molar-refractivity contribution is 7.14. The molecule has 6 heteroatoms. The summed E-state index contributed by atoms with van der Waals surface area (Å²) in [6, 6.07) is 19.5. The van der Waals surface area contributed by atoms with E-state index in [-0.39, 0.29) is 23.1 Å². The van der Waals surface area contributed by atoms with Crippen LogP contribution in [-0.4, -0.2) is 48.3 Å². The fraction of sp³-hybridized carbons (Fsp3) is 0.471. The van der Waals surface area contributed by atoms with E-state index in [1.807, 2.05) is 6.07 Å². The number of carbonyl (C=O) groups excluding carboxylic acids is 2. The van der Waals surface area contributed by atoms with E-state index in [2.05, 4.69) is 91.3 Å². The van der Waals surface area contributed by atoms with E-state index in [1.54, 1.807) is 18.4 Å². The lowest BCUT2D eigenvalue weighted by molar-refractivity contribution is -0.134. The highest BCUT2D eigenvalue weighted by atomic mass is 32.1. The number of benzene rings is 2. The first-order valence-corrected chi connectivity index (χ1v) is 15.5. The summed E-state index contributed by atoms with van der Waals surface area (Å²) < 4.78 is 0. The first kappa shape index (κ1) is 28.6. The second-order valence-corrected chi connectivity index (χ2v) is 13.4. The molecule has 1 N–H and O–H groups in total. The summed E-state index contributed by atoms with van der Waals surface area (Å²) in [7, 11) is 1.68. The molecule has 3 heterocycles. The standard InChI is InChI=1S/C34H43N3O2S/c1-23(2)18-26-10-12-27(13-11-26)25(4)33(39)37-16-14-34(15-17-37)22-36(20-28-8-6-7-9-29(28)34)21-31-24(3)19-30(40-31)32(38)35-5/h6-13,19,23,25H,14-18,20-22H2,1-5H3,(H,35,38)/t25-/m0/s1. The molecule has 1 fully saturated rings. The fourth-order valence-electron chi connectivity index (χ4n) is 6.63. The van der Waals surface area contributed by atoms with Crippen LogP contribution in [0.5, 0.6) is 0 Å². The SMILES string of the molecule is CNC(=O)c1cc(C)c(CN2Cc3ccccc3C3(CCN(C(=O)[C@@H](C)c4ccc(CC(C)C)cc4)CC3)C2)s1. The van der Waals surface area contributed by atoms with Crippen molar-refractivity contribution in [3.8, 4) is 0 Å². The molecule has 1 saturated heterocycles. The molecular weight excluding hydrogens is 514 g/mol. The zero-order valence-electron chi connectivity index (χ0n) is 24.6. The number of fused-ring (bicyclic) bond motifs is 2. The Morgan fingerprint density at radius 2 is 1.73 bits per heavy atom. The van der Waals surface area contributed by atoms with Crippen molar-refractivity contribution in [1.29, 1.82) is 0 Å². The van der Waals surface area contributed by atoms with Crippen molar-refractivity contribution in [2.45, 2.75) is 71.4 Å². The Labute approximate surface area is 243 Å². The summed E-state index contributed by atoms with van der Waals surface area (Å²) in [6.45, 7) is 12.9. The maximum absolute atomic E-state index is 13.6. The molecule has 2 aliphatic heterocycles. The second-order valence-electron chi connectivity index (χ2n) is 12.3. The van der Waals surface area contributed by atoms with Gasteiger partial charge in [0.1, 0.15) is 0 Å². The number of hydrogen-bond donors (Lipinski definition) is 1. The maximum atomic E-state index is 13.6. The minimum Gasteiger partial charge on any atom is -0.354 e. The van der Waals surface area contributed by atoms with Crippen molar-refractivity contribution in [3.05, 3.63) is 92.2 Å². The Balaban J connectivity index is 1.29. The molecule has 2 aliphatic rings. The van der Waals surface area contributed by atoms with Gasteiger partial charge in [0.2, 0.25) is 5.91 Å². The van der Waals surface area contributed by atoms with Gasteiger partial charge in [0, 0.05) is 50.1 Å². The number of hydrogen-bond acceptors (Lipinski definition) is 4. The average Bonchev–Trinajstić information content (AvgIpc) is 3.32. The Hall–Kier alpha value is -2.96. The van der Waals surface area contributed by atoms with Gasteiger partial charge in [0.25, 0.3) is 5.91 Å². The number of amides is 2. The van der Waals surface area contributed by atoms with E-state index < -0.39 is 0 Å². The van der Waals surface area contributed by atoms with Crippen LogP contribution in [0.4, 0.5) is 0 Å². The summed E-state index contributed by atoms with van der Waals surface area (Å²) in [5, 5.41) is 2.75. The minimum atomic E-state index is -0.131. The van der Waals surface area contributed by atoms with E-state index >= 15 is 0 Å². The number of piperidine rings is 1. The molecule has 0 radical (unpaired) electrons. The minimum absolute atomic E-state index is 0.0161. The quantitative estimate of drug-likeness (QED) is 0.371. The van der Waals surface area contributed by atoms with E-state index in [0.717, 1.165) is 62.4 Å². The van der Waals surface area contributed by atoms with Gasteiger partial charge in [-0.15, -0.1) is 11.3 Å². The summed E-state index contributed by atoms with van der Waals surface area (Å²) in [5.41, 5.74) is 6.52. The lowest BCUT2D eigenvalue weighted by Gasteiger charge is -2.49. The molecule has 3 aromatic rings. The smallest absolute Gasteiger partial charge is 0.261 e. The average molecular weight is 558 g/mol. The number of thiophene rings is 1. The first-order valence-electron chi connectivity index (χ1n) is 14.7. The molecular formula is C34H43N3O2S. The number of likely N-dealkylation sites (tertiary alicyclic amines) is 1. The van der Waals surface area contributed by atoms with E-state index in [0.29, 0.717) is 5.92 Å². The third-order valence-corrected chi connectivity index (χ3v) is 10.1. The highest BCUT2D eigenvalue weighted by Crippen LogP contribution is 2.43. The van der Waals surface area contributed by atoms with E-state index in [1.165, 1.54) is 27.1 Å². The van der Waals surface area contributed by atoms with E-state index in [9.17, 15) is 9.59 Å². The Bertz CT molecular complexity index is 1350. The number of nitrogens with zero attached hydrogens (tertiary/aromatic N) is 2. The van der Waals surface area contributed by atoms with Crippen molar-refractivity contribution >= 4 is 23.2 Å². The monoisotopic (exact) mass is 557 g/mol. The van der Waals surface area contributed by atoms with Gasteiger partial charge in [-0.25, -0.2) is 0 Å². The van der Waals surface area contributed by atoms with Crippen LogP contribution >= 0.6 is 11.3 Å². The molecule has 5 rings (SSSR count). The van der Waals surface area contributed by atoms with Crippen molar-refractivity contribution in [3.63, 3.8) is 0 Å². The van der Waals surface area contributed by atoms with Crippen LogP contribution in [0.3, 0.4) is 0 Å². The summed E-state index contributed by atoms with van der Waals surface area (Å²) in [6.07, 6.45) is 3.01. The van der Waals surface area contributed by atoms with Gasteiger partial charge < -0.3 is 10.2 Å². The predicted molar refractivity (Wildman–Crippen MR) is 164 cm³/mol. The Morgan fingerprint density at radius 3 is 2.40 bits per heavy atom. The molecule has 1 spiro atoms. The Kier molecular flexibility index (Phi) is 8.48. The predicted octanol–water partition coefficient (Wildman–Crippen LogP) is 6.29. The van der Waals surface area contributed by atoms with Crippen LogP contribution in [0.25, 0.3) is 0 Å². The molecule has 2 aromatic carbocycles. The second kappa shape index (κ2) is 11.9. The van der Waals surface area contributed by atoms with Gasteiger partial charge in [-0.1, -0.05) is 62.4 Å². The first-order chi connectivity index (χ1) is 19.2. The molecule has 0 saturated carbocycles. The van der Waals surface area contributed by atoms with Crippen LogP contribution < -0.4 is 5.32 Å². The van der Waals surface area contributed by atoms with Crippen LogP contribution in [0.2, 0.25) is 0 Å². The number of nitrogens with one attached hydrogen (secondary N) is 1. The largest absolute Gasteiger partial charge is 0.354 e. The highest BCUT2D eigenvalue weighted by Gasteiger charge is 2.43. The molecule has 1 atom stereocenters. The van der Waals surface area contributed by atoms with Crippen molar-refractivity contribution in [2.24, 2.45) is 5.92 Å². The fourth-order valence-corrected chi connectivity index (χ4v) is 7.79. The topological polar surface area (TPSA) is 52.7 Å². The molecule has 2 amide bonds. The van der Waals surface area contributed by atoms with E-state index in [4.69, 9.17) is 0 Å². The normalized spacial score (nSPS) is 17.6. The zero-order valence-corrected chi connectivity index (χ0v) is 25.4. The zero-order chi connectivity index (χ0) is 28.4. The number of rotatable bonds is 7. The van der Waals surface area contributed by atoms with Crippen molar-refractivity contribution in [2.75, 3.05) is 26.7 Å². The lowest BCUT2D eigenvalue weighted by atomic mass is 9.68. The lowest BCUT2D eigenvalue weighted by Crippen LogP contribution is -2.53. The molecule has 0 unspecified atom stereocenters. The number of carbonyl (C=O) groups is 2. The summed E-state index contributed by atoms with van der Waals surface area (Å²) >= 11 is 1.60. The van der Waals surface area contributed by atoms with Gasteiger partial charge in [0.15, 0.2) is 0 Å². The summed E-state index contributed by atoms with van der Waals surface area (Å²) in [4.78, 5) is 32.5. The summed E-state index contributed by atoms with van der Waals surface area (Å²) in [5.74, 6) is 0.718. The van der Waals surface area contributed by atoms with Crippen LogP contribution in [-0.2, 0) is 29.7 Å². The van der Waals surface area contributed by atoms with Gasteiger partial charge in [-0.05, 0) is 72.9 Å². The van der Waals surface area contributed by atoms with Gasteiger partial charge in [-0.3, -0.25) is 14.5 Å². The molecule has 212 valence electrons. The third-order valence-electron chi connectivity index (χ3n) is 8.87. The third kappa shape index (κ3) is 5.89. The van der Waals surface area contributed by atoms with Gasteiger partial charge in [-0.2, -0.15) is 0 Å². The Morgan fingerprint density at radius 1 is 1.02 bits per heavy atom. The molecule has 40 heavy (non-hydrogen) atoms.